The Hall–Kier alpha value is -0.000000000000000111. The van der Waals surface area contributed by atoms with Crippen LogP contribution in [0, 0.1) is 3.57 Å². The van der Waals surface area contributed by atoms with Crippen molar-refractivity contribution in [1.29, 1.82) is 0 Å². The van der Waals surface area contributed by atoms with Gasteiger partial charge in [-0.15, -0.1) is 11.6 Å². The zero-order valence-corrected chi connectivity index (χ0v) is 14.2. The molecule has 2 nitrogen and oxygen atoms in total. The molecule has 0 unspecified atom stereocenters. The van der Waals surface area contributed by atoms with Crippen LogP contribution in [0.15, 0.2) is 18.2 Å². The molecule has 2 rings (SSSR count). The number of hydrogen-bond acceptors (Lipinski definition) is 1. The van der Waals surface area contributed by atoms with Gasteiger partial charge < -0.3 is 4.90 Å². The van der Waals surface area contributed by atoms with Gasteiger partial charge in [-0.1, -0.05) is 24.4 Å². The summed E-state index contributed by atoms with van der Waals surface area (Å²) in [6.07, 6.45) is 4.56. The number of hydrogen-bond donors (Lipinski definition) is 0. The third kappa shape index (κ3) is 3.76. The fourth-order valence-electron chi connectivity index (χ4n) is 2.57. The van der Waals surface area contributed by atoms with Crippen LogP contribution in [0.5, 0.6) is 0 Å². The highest BCUT2D eigenvalue weighted by Gasteiger charge is 2.27. The predicted octanol–water partition coefficient (Wildman–Crippen LogP) is 4.57. The summed E-state index contributed by atoms with van der Waals surface area (Å²) in [5.41, 5.74) is 0.685. The van der Waals surface area contributed by atoms with E-state index in [2.05, 4.69) is 22.6 Å². The summed E-state index contributed by atoms with van der Waals surface area (Å²) in [4.78, 5) is 14.6. The van der Waals surface area contributed by atoms with Crippen molar-refractivity contribution in [2.45, 2.75) is 31.7 Å². The summed E-state index contributed by atoms with van der Waals surface area (Å²) in [5.74, 6) is 0.527. The molecule has 0 N–H and O–H groups in total. The highest BCUT2D eigenvalue weighted by molar-refractivity contribution is 14.1. The van der Waals surface area contributed by atoms with E-state index < -0.39 is 0 Å². The van der Waals surface area contributed by atoms with Gasteiger partial charge in [0.15, 0.2) is 0 Å². The van der Waals surface area contributed by atoms with Crippen molar-refractivity contribution >= 4 is 51.7 Å². The molecule has 1 aliphatic carbocycles. The van der Waals surface area contributed by atoms with Gasteiger partial charge in [0.1, 0.15) is 0 Å². The fourth-order valence-corrected chi connectivity index (χ4v) is 3.49. The number of amides is 1. The second-order valence-corrected chi connectivity index (χ2v) is 6.73. The molecule has 0 bridgehead atoms. The largest absolute Gasteiger partial charge is 0.334 e. The highest BCUT2D eigenvalue weighted by Crippen LogP contribution is 2.27. The lowest BCUT2D eigenvalue weighted by Crippen LogP contribution is -2.40. The summed E-state index contributed by atoms with van der Waals surface area (Å²) >= 11 is 14.0. The molecule has 1 amide bonds. The minimum atomic E-state index is 0.0550. The predicted molar refractivity (Wildman–Crippen MR) is 88.2 cm³/mol. The van der Waals surface area contributed by atoms with E-state index >= 15 is 0 Å². The van der Waals surface area contributed by atoms with Gasteiger partial charge in [-0.05, 0) is 53.6 Å². The van der Waals surface area contributed by atoms with Gasteiger partial charge in [0.2, 0.25) is 0 Å². The molecule has 0 saturated heterocycles. The van der Waals surface area contributed by atoms with E-state index in [1.54, 1.807) is 6.07 Å². The van der Waals surface area contributed by atoms with Crippen molar-refractivity contribution in [1.82, 2.24) is 4.90 Å². The van der Waals surface area contributed by atoms with E-state index in [1.165, 1.54) is 12.8 Å². The van der Waals surface area contributed by atoms with Gasteiger partial charge in [-0.25, -0.2) is 0 Å². The zero-order chi connectivity index (χ0) is 13.8. The molecule has 0 radical (unpaired) electrons. The van der Waals surface area contributed by atoms with Crippen LogP contribution in [-0.4, -0.2) is 29.3 Å². The number of carbonyl (C=O) groups excluding carboxylic acids is 1. The number of rotatable bonds is 4. The lowest BCUT2D eigenvalue weighted by atomic mass is 10.1. The Morgan fingerprint density at radius 2 is 2.05 bits per heavy atom. The molecule has 19 heavy (non-hydrogen) atoms. The van der Waals surface area contributed by atoms with Crippen molar-refractivity contribution in [3.63, 3.8) is 0 Å². The van der Waals surface area contributed by atoms with Gasteiger partial charge >= 0.3 is 0 Å². The molecule has 0 aliphatic heterocycles. The van der Waals surface area contributed by atoms with E-state index in [0.717, 1.165) is 16.4 Å². The number of benzene rings is 1. The average Bonchev–Trinajstić information content (AvgIpc) is 2.92. The van der Waals surface area contributed by atoms with E-state index in [-0.39, 0.29) is 5.91 Å². The Kier molecular flexibility index (Phi) is 5.78. The minimum absolute atomic E-state index is 0.0550. The van der Waals surface area contributed by atoms with Gasteiger partial charge in [0.05, 0.1) is 5.56 Å². The van der Waals surface area contributed by atoms with Gasteiger partial charge in [0.25, 0.3) is 5.91 Å². The lowest BCUT2D eigenvalue weighted by Gasteiger charge is -2.28. The molecule has 0 atom stereocenters. The second kappa shape index (κ2) is 7.14. The number of nitrogens with zero attached hydrogens (tertiary/aromatic N) is 1. The number of alkyl halides is 1. The first-order chi connectivity index (χ1) is 9.13. The van der Waals surface area contributed by atoms with Crippen LogP contribution < -0.4 is 0 Å². The Morgan fingerprint density at radius 3 is 2.68 bits per heavy atom. The molecule has 1 saturated carbocycles. The van der Waals surface area contributed by atoms with Crippen LogP contribution in [0.4, 0.5) is 0 Å². The first-order valence-electron chi connectivity index (χ1n) is 6.45. The van der Waals surface area contributed by atoms with Crippen LogP contribution in [-0.2, 0) is 0 Å². The summed E-state index contributed by atoms with van der Waals surface area (Å²) in [6, 6.07) is 5.77. The molecule has 1 aromatic carbocycles. The van der Waals surface area contributed by atoms with Crippen molar-refractivity contribution in [3.05, 3.63) is 32.4 Å². The Morgan fingerprint density at radius 1 is 1.37 bits per heavy atom. The molecule has 1 fully saturated rings. The average molecular weight is 412 g/mol. The highest BCUT2D eigenvalue weighted by atomic mass is 127. The Bertz CT molecular complexity index is 461. The standard InChI is InChI=1S/C14H16Cl2INO/c15-7-8-18(11-3-1-2-4-11)14(19)12-9-10(16)5-6-13(12)17/h5-6,9,11H,1-4,7-8H2. The molecule has 1 aliphatic rings. The fraction of sp³-hybridized carbons (Fsp3) is 0.500. The molecule has 1 aromatic rings. The van der Waals surface area contributed by atoms with Crippen LogP contribution in [0.2, 0.25) is 5.02 Å². The number of carbonyl (C=O) groups is 1. The first kappa shape index (κ1) is 15.4. The van der Waals surface area contributed by atoms with Crippen LogP contribution in [0.3, 0.4) is 0 Å². The third-order valence-electron chi connectivity index (χ3n) is 3.51. The smallest absolute Gasteiger partial charge is 0.255 e. The Balaban J connectivity index is 2.25. The molecule has 0 heterocycles. The lowest BCUT2D eigenvalue weighted by molar-refractivity contribution is 0.0694. The maximum absolute atomic E-state index is 12.7. The number of halogens is 3. The molecule has 104 valence electrons. The molecule has 0 spiro atoms. The van der Waals surface area contributed by atoms with Crippen LogP contribution in [0.25, 0.3) is 0 Å². The van der Waals surface area contributed by atoms with Gasteiger partial charge in [-0.3, -0.25) is 4.79 Å². The van der Waals surface area contributed by atoms with Crippen molar-refractivity contribution in [3.8, 4) is 0 Å². The maximum atomic E-state index is 12.7. The molecular weight excluding hydrogens is 396 g/mol. The summed E-state index contributed by atoms with van der Waals surface area (Å²) in [7, 11) is 0. The van der Waals surface area contributed by atoms with Gasteiger partial charge in [0, 0.05) is 27.1 Å². The van der Waals surface area contributed by atoms with E-state index in [9.17, 15) is 4.79 Å². The topological polar surface area (TPSA) is 20.3 Å². The van der Waals surface area contributed by atoms with E-state index in [1.807, 2.05) is 17.0 Å². The summed E-state index contributed by atoms with van der Waals surface area (Å²) < 4.78 is 0.935. The zero-order valence-electron chi connectivity index (χ0n) is 10.5. The van der Waals surface area contributed by atoms with Crippen LogP contribution >= 0.6 is 45.8 Å². The summed E-state index contributed by atoms with van der Waals surface area (Å²) in [6.45, 7) is 0.605. The van der Waals surface area contributed by atoms with Crippen molar-refractivity contribution < 1.29 is 4.79 Å². The Labute approximate surface area is 137 Å². The maximum Gasteiger partial charge on any atom is 0.255 e. The SMILES string of the molecule is O=C(c1cc(Cl)ccc1I)N(CCCl)C1CCCC1. The second-order valence-electron chi connectivity index (χ2n) is 4.75. The van der Waals surface area contributed by atoms with Crippen molar-refractivity contribution in [2.75, 3.05) is 12.4 Å². The monoisotopic (exact) mass is 411 g/mol. The molecule has 5 heteroatoms. The van der Waals surface area contributed by atoms with E-state index in [0.29, 0.717) is 29.1 Å². The summed E-state index contributed by atoms with van der Waals surface area (Å²) in [5, 5.41) is 0.598. The van der Waals surface area contributed by atoms with Gasteiger partial charge in [-0.2, -0.15) is 0 Å². The normalized spacial score (nSPS) is 15.7. The molecule has 0 aromatic heterocycles. The third-order valence-corrected chi connectivity index (χ3v) is 4.86. The van der Waals surface area contributed by atoms with E-state index in [4.69, 9.17) is 23.2 Å². The minimum Gasteiger partial charge on any atom is -0.334 e. The first-order valence-corrected chi connectivity index (χ1v) is 8.44. The molecular formula is C14H16Cl2INO. The van der Waals surface area contributed by atoms with Crippen molar-refractivity contribution in [2.24, 2.45) is 0 Å². The van der Waals surface area contributed by atoms with Crippen LogP contribution in [0.1, 0.15) is 36.0 Å². The quantitative estimate of drug-likeness (QED) is 0.525.